The number of alkyl halides is 1. The van der Waals surface area contributed by atoms with Crippen molar-refractivity contribution in [2.24, 2.45) is 5.92 Å². The second-order valence-electron chi connectivity index (χ2n) is 5.75. The zero-order valence-electron chi connectivity index (χ0n) is 12.0. The van der Waals surface area contributed by atoms with E-state index in [4.69, 9.17) is 0 Å². The molecule has 0 radical (unpaired) electrons. The number of carbonyl (C=O) groups is 1. The van der Waals surface area contributed by atoms with Crippen molar-refractivity contribution in [3.8, 4) is 0 Å². The van der Waals surface area contributed by atoms with E-state index in [2.05, 4.69) is 33.4 Å². The van der Waals surface area contributed by atoms with E-state index in [0.29, 0.717) is 12.3 Å². The number of amides is 1. The Hall–Kier alpha value is -0.830. The smallest absolute Gasteiger partial charge is 0.220 e. The first kappa shape index (κ1) is 15.6. The minimum absolute atomic E-state index is 0.0782. The Morgan fingerprint density at radius 2 is 1.80 bits per heavy atom. The molecule has 0 bridgehead atoms. The lowest BCUT2D eigenvalue weighted by Gasteiger charge is -2.19. The number of benzene rings is 1. The fourth-order valence-corrected chi connectivity index (χ4v) is 3.52. The van der Waals surface area contributed by atoms with Crippen molar-refractivity contribution >= 4 is 21.8 Å². The third kappa shape index (κ3) is 4.93. The Bertz CT molecular complexity index is 399. The number of halogens is 1. The number of rotatable bonds is 5. The summed E-state index contributed by atoms with van der Waals surface area (Å²) in [7, 11) is 0. The predicted molar refractivity (Wildman–Crippen MR) is 86.9 cm³/mol. The summed E-state index contributed by atoms with van der Waals surface area (Å²) >= 11 is 3.50. The van der Waals surface area contributed by atoms with Crippen LogP contribution in [0.5, 0.6) is 0 Å². The number of nitrogens with one attached hydrogen (secondary N) is 1. The van der Waals surface area contributed by atoms with Crippen molar-refractivity contribution < 1.29 is 4.79 Å². The van der Waals surface area contributed by atoms with Crippen molar-refractivity contribution in [1.82, 2.24) is 5.32 Å². The van der Waals surface area contributed by atoms with Gasteiger partial charge in [0.25, 0.3) is 0 Å². The van der Waals surface area contributed by atoms with E-state index in [-0.39, 0.29) is 11.9 Å². The highest BCUT2D eigenvalue weighted by atomic mass is 79.9. The van der Waals surface area contributed by atoms with Crippen LogP contribution in [0.2, 0.25) is 0 Å². The first-order valence-electron chi connectivity index (χ1n) is 7.70. The summed E-state index contributed by atoms with van der Waals surface area (Å²) in [6.45, 7) is 0. The number of hydrogen-bond acceptors (Lipinski definition) is 1. The van der Waals surface area contributed by atoms with Gasteiger partial charge >= 0.3 is 0 Å². The van der Waals surface area contributed by atoms with Gasteiger partial charge in [0, 0.05) is 11.8 Å². The molecule has 0 saturated heterocycles. The maximum absolute atomic E-state index is 12.2. The van der Waals surface area contributed by atoms with E-state index >= 15 is 0 Å². The first-order chi connectivity index (χ1) is 9.79. The zero-order valence-corrected chi connectivity index (χ0v) is 13.6. The molecule has 1 aliphatic carbocycles. The van der Waals surface area contributed by atoms with Crippen molar-refractivity contribution in [2.75, 3.05) is 5.33 Å². The van der Waals surface area contributed by atoms with Gasteiger partial charge in [-0.15, -0.1) is 0 Å². The molecule has 1 N–H and O–H groups in total. The second-order valence-corrected chi connectivity index (χ2v) is 6.39. The molecule has 110 valence electrons. The lowest BCUT2D eigenvalue weighted by molar-refractivity contribution is -0.122. The average molecular weight is 338 g/mol. The molecule has 1 amide bonds. The monoisotopic (exact) mass is 337 g/mol. The maximum atomic E-state index is 12.2. The highest BCUT2D eigenvalue weighted by Crippen LogP contribution is 2.25. The molecule has 2 nitrogen and oxygen atoms in total. The molecule has 0 spiro atoms. The van der Waals surface area contributed by atoms with E-state index in [1.54, 1.807) is 0 Å². The Morgan fingerprint density at radius 3 is 2.40 bits per heavy atom. The molecule has 20 heavy (non-hydrogen) atoms. The predicted octanol–water partition coefficient (Wildman–Crippen LogP) is 4.60. The Morgan fingerprint density at radius 1 is 1.15 bits per heavy atom. The van der Waals surface area contributed by atoms with Crippen LogP contribution in [0.4, 0.5) is 0 Å². The molecule has 0 heterocycles. The van der Waals surface area contributed by atoms with Gasteiger partial charge in [-0.2, -0.15) is 0 Å². The van der Waals surface area contributed by atoms with E-state index in [0.717, 1.165) is 5.33 Å². The fourth-order valence-electron chi connectivity index (χ4n) is 2.98. The van der Waals surface area contributed by atoms with Crippen LogP contribution in [0.1, 0.15) is 56.6 Å². The summed E-state index contributed by atoms with van der Waals surface area (Å²) in [5.41, 5.74) is 1.17. The van der Waals surface area contributed by atoms with Crippen LogP contribution in [0.25, 0.3) is 0 Å². The van der Waals surface area contributed by atoms with Crippen molar-refractivity contribution in [3.05, 3.63) is 35.9 Å². The maximum Gasteiger partial charge on any atom is 0.220 e. The van der Waals surface area contributed by atoms with Gasteiger partial charge in [0.1, 0.15) is 0 Å². The molecule has 1 unspecified atom stereocenters. The summed E-state index contributed by atoms with van der Waals surface area (Å²) in [5.74, 6) is 0.787. The van der Waals surface area contributed by atoms with Crippen LogP contribution in [-0.2, 0) is 4.79 Å². The minimum atomic E-state index is 0.0782. The molecule has 1 aromatic carbocycles. The van der Waals surface area contributed by atoms with Crippen molar-refractivity contribution in [1.29, 1.82) is 0 Å². The molecule has 1 saturated carbocycles. The lowest BCUT2D eigenvalue weighted by Crippen LogP contribution is -2.30. The topological polar surface area (TPSA) is 29.1 Å². The SMILES string of the molecule is O=C(CC1CCCCCC1)NC(CBr)c1ccccc1. The molecular weight excluding hydrogens is 314 g/mol. The Kier molecular flexibility index (Phi) is 6.58. The van der Waals surface area contributed by atoms with Gasteiger partial charge in [-0.1, -0.05) is 71.9 Å². The van der Waals surface area contributed by atoms with Crippen LogP contribution in [0.3, 0.4) is 0 Å². The van der Waals surface area contributed by atoms with Gasteiger partial charge in [0.15, 0.2) is 0 Å². The highest BCUT2D eigenvalue weighted by molar-refractivity contribution is 9.09. The highest BCUT2D eigenvalue weighted by Gasteiger charge is 2.18. The summed E-state index contributed by atoms with van der Waals surface area (Å²) in [6, 6.07) is 10.2. The molecule has 2 rings (SSSR count). The van der Waals surface area contributed by atoms with Crippen LogP contribution < -0.4 is 5.32 Å². The Balaban J connectivity index is 1.86. The van der Waals surface area contributed by atoms with Crippen LogP contribution in [0.15, 0.2) is 30.3 Å². The van der Waals surface area contributed by atoms with Crippen LogP contribution in [-0.4, -0.2) is 11.2 Å². The second kappa shape index (κ2) is 8.46. The lowest BCUT2D eigenvalue weighted by atomic mass is 9.96. The van der Waals surface area contributed by atoms with E-state index in [1.807, 2.05) is 18.2 Å². The fraction of sp³-hybridized carbons (Fsp3) is 0.588. The molecule has 0 aromatic heterocycles. The summed E-state index contributed by atoms with van der Waals surface area (Å²) in [4.78, 5) is 12.2. The van der Waals surface area contributed by atoms with Gasteiger partial charge in [-0.3, -0.25) is 4.79 Å². The molecule has 1 fully saturated rings. The van der Waals surface area contributed by atoms with Crippen LogP contribution >= 0.6 is 15.9 Å². The van der Waals surface area contributed by atoms with Gasteiger partial charge < -0.3 is 5.32 Å². The molecular formula is C17H24BrNO. The van der Waals surface area contributed by atoms with Crippen molar-refractivity contribution in [3.63, 3.8) is 0 Å². The standard InChI is InChI=1S/C17H24BrNO/c18-13-16(15-10-6-3-7-11-15)19-17(20)12-14-8-4-1-2-5-9-14/h3,6-7,10-11,14,16H,1-2,4-5,8-9,12-13H2,(H,19,20). The molecule has 3 heteroatoms. The average Bonchev–Trinajstić information content (AvgIpc) is 2.74. The number of hydrogen-bond donors (Lipinski definition) is 1. The summed E-state index contributed by atoms with van der Waals surface area (Å²) < 4.78 is 0. The van der Waals surface area contributed by atoms with Gasteiger partial charge in [0.2, 0.25) is 5.91 Å². The van der Waals surface area contributed by atoms with Gasteiger partial charge in [0.05, 0.1) is 6.04 Å². The van der Waals surface area contributed by atoms with E-state index in [1.165, 1.54) is 44.1 Å². The first-order valence-corrected chi connectivity index (χ1v) is 8.82. The van der Waals surface area contributed by atoms with Gasteiger partial charge in [-0.25, -0.2) is 0 Å². The minimum Gasteiger partial charge on any atom is -0.348 e. The van der Waals surface area contributed by atoms with Gasteiger partial charge in [-0.05, 0) is 24.3 Å². The number of carbonyl (C=O) groups excluding carboxylic acids is 1. The van der Waals surface area contributed by atoms with Crippen LogP contribution in [0, 0.1) is 5.92 Å². The normalized spacial score (nSPS) is 18.2. The third-order valence-corrected chi connectivity index (χ3v) is 4.79. The largest absolute Gasteiger partial charge is 0.348 e. The molecule has 1 atom stereocenters. The van der Waals surface area contributed by atoms with E-state index in [9.17, 15) is 4.79 Å². The quantitative estimate of drug-likeness (QED) is 0.617. The van der Waals surface area contributed by atoms with E-state index < -0.39 is 0 Å². The summed E-state index contributed by atoms with van der Waals surface area (Å²) in [6.07, 6.45) is 8.39. The Labute approximate surface area is 130 Å². The molecule has 1 aromatic rings. The van der Waals surface area contributed by atoms with Crippen molar-refractivity contribution in [2.45, 2.75) is 51.0 Å². The molecule has 0 aliphatic heterocycles. The summed E-state index contributed by atoms with van der Waals surface area (Å²) in [5, 5.41) is 3.92. The third-order valence-electron chi connectivity index (χ3n) is 4.14. The molecule has 1 aliphatic rings. The zero-order chi connectivity index (χ0) is 14.2.